The van der Waals surface area contributed by atoms with E-state index in [4.69, 9.17) is 23.2 Å². The number of nitrogens with one attached hydrogen (secondary N) is 2. The Morgan fingerprint density at radius 2 is 2.00 bits per heavy atom. The zero-order valence-corrected chi connectivity index (χ0v) is 14.3. The number of non-ortho nitro benzene ring substituents is 1. The van der Waals surface area contributed by atoms with Crippen LogP contribution in [0.15, 0.2) is 42.5 Å². The predicted octanol–water partition coefficient (Wildman–Crippen LogP) is 4.46. The summed E-state index contributed by atoms with van der Waals surface area (Å²) in [7, 11) is 0. The first-order valence-electron chi connectivity index (χ1n) is 7.09. The highest BCUT2D eigenvalue weighted by atomic mass is 35.5. The van der Waals surface area contributed by atoms with Crippen molar-refractivity contribution in [2.45, 2.75) is 19.5 Å². The van der Waals surface area contributed by atoms with Gasteiger partial charge in [0.05, 0.1) is 11.0 Å². The van der Waals surface area contributed by atoms with Gasteiger partial charge >= 0.3 is 6.03 Å². The summed E-state index contributed by atoms with van der Waals surface area (Å²) in [5, 5.41) is 17.2. The number of hydrogen-bond donors (Lipinski definition) is 2. The largest absolute Gasteiger partial charge is 0.334 e. The number of nitro benzene ring substituents is 1. The van der Waals surface area contributed by atoms with E-state index in [9.17, 15) is 14.9 Å². The molecule has 126 valence electrons. The SMILES string of the molecule is CC(NC(=O)NCc1ccc(Cl)cc1Cl)c1cccc([N+](=O)[O-])c1. The van der Waals surface area contributed by atoms with Crippen LogP contribution in [0.3, 0.4) is 0 Å². The van der Waals surface area contributed by atoms with Gasteiger partial charge in [-0.3, -0.25) is 10.1 Å². The molecule has 0 aliphatic heterocycles. The first-order valence-corrected chi connectivity index (χ1v) is 7.85. The van der Waals surface area contributed by atoms with Crippen molar-refractivity contribution in [3.05, 3.63) is 73.8 Å². The van der Waals surface area contributed by atoms with E-state index in [-0.39, 0.29) is 18.3 Å². The summed E-state index contributed by atoms with van der Waals surface area (Å²) < 4.78 is 0. The van der Waals surface area contributed by atoms with Crippen LogP contribution in [0.4, 0.5) is 10.5 Å². The van der Waals surface area contributed by atoms with E-state index in [0.29, 0.717) is 15.6 Å². The standard InChI is InChI=1S/C16H15Cl2N3O3/c1-10(11-3-2-4-14(7-11)21(23)24)20-16(22)19-9-12-5-6-13(17)8-15(12)18/h2-8,10H,9H2,1H3,(H2,19,20,22). The molecule has 6 nitrogen and oxygen atoms in total. The lowest BCUT2D eigenvalue weighted by Crippen LogP contribution is -2.36. The van der Waals surface area contributed by atoms with Crippen molar-refractivity contribution in [3.63, 3.8) is 0 Å². The van der Waals surface area contributed by atoms with E-state index in [1.165, 1.54) is 12.1 Å². The van der Waals surface area contributed by atoms with Crippen LogP contribution in [0.2, 0.25) is 10.0 Å². The van der Waals surface area contributed by atoms with Gasteiger partial charge in [-0.05, 0) is 30.2 Å². The minimum atomic E-state index is -0.473. The summed E-state index contributed by atoms with van der Waals surface area (Å²) in [6, 6.07) is 10.4. The third kappa shape index (κ3) is 4.84. The molecule has 0 spiro atoms. The minimum absolute atomic E-state index is 0.0190. The van der Waals surface area contributed by atoms with Gasteiger partial charge in [-0.25, -0.2) is 4.79 Å². The molecular formula is C16H15Cl2N3O3. The van der Waals surface area contributed by atoms with Gasteiger partial charge in [-0.1, -0.05) is 41.4 Å². The highest BCUT2D eigenvalue weighted by Crippen LogP contribution is 2.21. The highest BCUT2D eigenvalue weighted by Gasteiger charge is 2.13. The van der Waals surface area contributed by atoms with Crippen molar-refractivity contribution in [1.29, 1.82) is 0 Å². The second-order valence-corrected chi connectivity index (χ2v) is 5.98. The Bertz CT molecular complexity index is 768. The highest BCUT2D eigenvalue weighted by molar-refractivity contribution is 6.35. The summed E-state index contributed by atoms with van der Waals surface area (Å²) in [6.45, 7) is 1.98. The first-order chi connectivity index (χ1) is 11.4. The molecule has 0 fully saturated rings. The first kappa shape index (κ1) is 18.0. The summed E-state index contributed by atoms with van der Waals surface area (Å²) in [5.41, 5.74) is 1.36. The van der Waals surface area contributed by atoms with Crippen LogP contribution >= 0.6 is 23.2 Å². The molecule has 2 aromatic carbocycles. The molecule has 2 amide bonds. The summed E-state index contributed by atoms with van der Waals surface area (Å²) in [6.07, 6.45) is 0. The van der Waals surface area contributed by atoms with Gasteiger partial charge in [0.1, 0.15) is 0 Å². The molecule has 0 saturated carbocycles. The summed E-state index contributed by atoms with van der Waals surface area (Å²) >= 11 is 11.9. The Morgan fingerprint density at radius 3 is 2.67 bits per heavy atom. The Morgan fingerprint density at radius 1 is 1.25 bits per heavy atom. The Balaban J connectivity index is 1.94. The van der Waals surface area contributed by atoms with Crippen molar-refractivity contribution in [3.8, 4) is 0 Å². The van der Waals surface area contributed by atoms with E-state index in [1.54, 1.807) is 37.3 Å². The molecule has 2 N–H and O–H groups in total. The van der Waals surface area contributed by atoms with Crippen molar-refractivity contribution in [1.82, 2.24) is 10.6 Å². The molecule has 0 heterocycles. The van der Waals surface area contributed by atoms with Crippen LogP contribution in [-0.4, -0.2) is 11.0 Å². The quantitative estimate of drug-likeness (QED) is 0.604. The molecule has 0 aromatic heterocycles. The fourth-order valence-electron chi connectivity index (χ4n) is 2.08. The molecule has 0 bridgehead atoms. The van der Waals surface area contributed by atoms with Crippen LogP contribution in [0.1, 0.15) is 24.1 Å². The second-order valence-electron chi connectivity index (χ2n) is 5.14. The Labute approximate surface area is 148 Å². The van der Waals surface area contributed by atoms with Crippen LogP contribution < -0.4 is 10.6 Å². The molecule has 0 radical (unpaired) electrons. The zero-order chi connectivity index (χ0) is 17.7. The fourth-order valence-corrected chi connectivity index (χ4v) is 2.55. The lowest BCUT2D eigenvalue weighted by atomic mass is 10.1. The molecule has 1 atom stereocenters. The normalized spacial score (nSPS) is 11.6. The molecule has 24 heavy (non-hydrogen) atoms. The summed E-state index contributed by atoms with van der Waals surface area (Å²) in [4.78, 5) is 22.3. The van der Waals surface area contributed by atoms with Gasteiger partial charge in [0, 0.05) is 28.7 Å². The van der Waals surface area contributed by atoms with Crippen LogP contribution in [0.25, 0.3) is 0 Å². The molecular weight excluding hydrogens is 353 g/mol. The number of benzene rings is 2. The van der Waals surface area contributed by atoms with E-state index >= 15 is 0 Å². The smallest absolute Gasteiger partial charge is 0.315 e. The van der Waals surface area contributed by atoms with Crippen molar-refractivity contribution < 1.29 is 9.72 Å². The maximum atomic E-state index is 12.0. The second kappa shape index (κ2) is 7.99. The van der Waals surface area contributed by atoms with Gasteiger partial charge in [0.25, 0.3) is 5.69 Å². The summed E-state index contributed by atoms with van der Waals surface area (Å²) in [5.74, 6) is 0. The van der Waals surface area contributed by atoms with Gasteiger partial charge < -0.3 is 10.6 Å². The Hall–Kier alpha value is -2.31. The van der Waals surface area contributed by atoms with Gasteiger partial charge in [-0.2, -0.15) is 0 Å². The average Bonchev–Trinajstić information content (AvgIpc) is 2.54. The molecule has 0 aliphatic carbocycles. The maximum absolute atomic E-state index is 12.0. The van der Waals surface area contributed by atoms with Crippen LogP contribution in [0.5, 0.6) is 0 Å². The van der Waals surface area contributed by atoms with E-state index < -0.39 is 11.0 Å². The number of carbonyl (C=O) groups is 1. The van der Waals surface area contributed by atoms with Gasteiger partial charge in [-0.15, -0.1) is 0 Å². The van der Waals surface area contributed by atoms with Crippen LogP contribution in [-0.2, 0) is 6.54 Å². The molecule has 2 aromatic rings. The number of halogens is 2. The number of hydrogen-bond acceptors (Lipinski definition) is 3. The monoisotopic (exact) mass is 367 g/mol. The number of amides is 2. The lowest BCUT2D eigenvalue weighted by molar-refractivity contribution is -0.384. The Kier molecular flexibility index (Phi) is 6.00. The van der Waals surface area contributed by atoms with Crippen molar-refractivity contribution in [2.75, 3.05) is 0 Å². The van der Waals surface area contributed by atoms with E-state index in [0.717, 1.165) is 5.56 Å². The van der Waals surface area contributed by atoms with Crippen LogP contribution in [0, 0.1) is 10.1 Å². The van der Waals surface area contributed by atoms with Gasteiger partial charge in [0.15, 0.2) is 0 Å². The number of rotatable bonds is 5. The van der Waals surface area contributed by atoms with Gasteiger partial charge in [0.2, 0.25) is 0 Å². The average molecular weight is 368 g/mol. The van der Waals surface area contributed by atoms with Crippen molar-refractivity contribution in [2.24, 2.45) is 0 Å². The third-order valence-corrected chi connectivity index (χ3v) is 3.97. The topological polar surface area (TPSA) is 84.3 Å². The van der Waals surface area contributed by atoms with Crippen molar-refractivity contribution >= 4 is 34.9 Å². The maximum Gasteiger partial charge on any atom is 0.315 e. The number of carbonyl (C=O) groups excluding carboxylic acids is 1. The minimum Gasteiger partial charge on any atom is -0.334 e. The number of urea groups is 1. The zero-order valence-electron chi connectivity index (χ0n) is 12.8. The number of nitrogens with zero attached hydrogens (tertiary/aromatic N) is 1. The van der Waals surface area contributed by atoms with E-state index in [1.807, 2.05) is 0 Å². The molecule has 1 unspecified atom stereocenters. The number of nitro groups is 1. The molecule has 8 heteroatoms. The lowest BCUT2D eigenvalue weighted by Gasteiger charge is -2.15. The predicted molar refractivity (Wildman–Crippen MR) is 93.3 cm³/mol. The molecule has 2 rings (SSSR count). The molecule has 0 saturated heterocycles. The fraction of sp³-hybridized carbons (Fsp3) is 0.188. The third-order valence-electron chi connectivity index (χ3n) is 3.38. The molecule has 0 aliphatic rings. The van der Waals surface area contributed by atoms with E-state index in [2.05, 4.69) is 10.6 Å².